The molecule has 3 fully saturated rings. The van der Waals surface area contributed by atoms with Crippen LogP contribution >= 0.6 is 0 Å². The van der Waals surface area contributed by atoms with Gasteiger partial charge < -0.3 is 24.4 Å². The van der Waals surface area contributed by atoms with Crippen molar-refractivity contribution in [3.8, 4) is 29.4 Å². The van der Waals surface area contributed by atoms with E-state index in [1.54, 1.807) is 26.0 Å². The molecule has 0 amide bonds. The topological polar surface area (TPSA) is 167 Å². The Morgan fingerprint density at radius 2 is 1.79 bits per heavy atom. The lowest BCUT2D eigenvalue weighted by Crippen LogP contribution is -2.69. The van der Waals surface area contributed by atoms with Gasteiger partial charge in [-0.15, -0.1) is 0 Å². The number of carbonyl (C=O) groups excluding carboxylic acids is 3. The number of aliphatic hydroxyl groups excluding tert-OH is 1. The molecule has 1 unspecified atom stereocenters. The number of phenolic OH excluding ortho intramolecular Hbond substituents is 1. The van der Waals surface area contributed by atoms with Gasteiger partial charge in [-0.3, -0.25) is 4.79 Å². The molecule has 4 aliphatic carbocycles. The fourth-order valence-corrected chi connectivity index (χ4v) is 8.64. The number of hydrogen-bond donors (Lipinski definition) is 2. The van der Waals surface area contributed by atoms with E-state index >= 15 is 4.39 Å². The first-order valence-electron chi connectivity index (χ1n) is 15.4. The molecular formula is C36H33FN2O8. The Kier molecular flexibility index (Phi) is 7.72. The van der Waals surface area contributed by atoms with Crippen LogP contribution in [0.3, 0.4) is 0 Å². The average molecular weight is 641 g/mol. The number of rotatable bonds is 6. The Bertz CT molecular complexity index is 1810. The van der Waals surface area contributed by atoms with Gasteiger partial charge >= 0.3 is 11.9 Å². The molecule has 6 rings (SSSR count). The Labute approximate surface area is 270 Å². The fourth-order valence-electron chi connectivity index (χ4n) is 8.64. The number of phenols is 1. The second-order valence-electron chi connectivity index (χ2n) is 13.2. The normalized spacial score (nSPS) is 33.6. The van der Waals surface area contributed by atoms with Gasteiger partial charge in [0.1, 0.15) is 29.4 Å². The first-order valence-corrected chi connectivity index (χ1v) is 15.4. The summed E-state index contributed by atoms with van der Waals surface area (Å²) in [5.41, 5.74) is -5.81. The van der Waals surface area contributed by atoms with Crippen molar-refractivity contribution in [3.63, 3.8) is 0 Å². The summed E-state index contributed by atoms with van der Waals surface area (Å²) in [6, 6.07) is 13.6. The van der Waals surface area contributed by atoms with Gasteiger partial charge in [0.2, 0.25) is 5.60 Å². The fraction of sp³-hybridized carbons (Fsp3) is 0.417. The number of benzene rings is 2. The molecule has 0 spiro atoms. The third-order valence-corrected chi connectivity index (χ3v) is 11.0. The zero-order chi connectivity index (χ0) is 33.8. The van der Waals surface area contributed by atoms with Crippen molar-refractivity contribution in [2.45, 2.75) is 63.3 Å². The van der Waals surface area contributed by atoms with Crippen LogP contribution in [0.25, 0.3) is 0 Å². The predicted octanol–water partition coefficient (Wildman–Crippen LogP) is 5.39. The molecule has 3 saturated carbocycles. The number of nitrogens with zero attached hydrogens (tertiary/aromatic N) is 2. The van der Waals surface area contributed by atoms with Crippen LogP contribution < -0.4 is 4.74 Å². The monoisotopic (exact) mass is 640 g/mol. The Morgan fingerprint density at radius 1 is 1.06 bits per heavy atom. The van der Waals surface area contributed by atoms with Gasteiger partial charge in [-0.25, -0.2) is 14.0 Å². The molecule has 7 atom stereocenters. The molecule has 2 N–H and O–H groups in total. The summed E-state index contributed by atoms with van der Waals surface area (Å²) < 4.78 is 34.7. The lowest BCUT2D eigenvalue weighted by atomic mass is 9.45. The van der Waals surface area contributed by atoms with Crippen LogP contribution in [0.5, 0.6) is 17.2 Å². The lowest BCUT2D eigenvalue weighted by molar-refractivity contribution is -0.224. The van der Waals surface area contributed by atoms with Crippen LogP contribution in [0.1, 0.15) is 61.9 Å². The summed E-state index contributed by atoms with van der Waals surface area (Å²) in [5.74, 6) is -2.82. The average Bonchev–Trinajstić information content (AvgIpc) is 3.33. The molecule has 0 aromatic heterocycles. The number of allylic oxidation sites excluding steroid dienone is 4. The lowest BCUT2D eigenvalue weighted by Gasteiger charge is -2.62. The van der Waals surface area contributed by atoms with Gasteiger partial charge in [0.15, 0.2) is 18.1 Å². The Morgan fingerprint density at radius 3 is 2.49 bits per heavy atom. The number of aromatic hydroxyl groups is 1. The van der Waals surface area contributed by atoms with E-state index in [9.17, 15) is 24.6 Å². The van der Waals surface area contributed by atoms with Crippen molar-refractivity contribution in [2.75, 3.05) is 6.61 Å². The number of hydrogen-bond acceptors (Lipinski definition) is 10. The molecule has 0 radical (unpaired) electrons. The highest BCUT2D eigenvalue weighted by Gasteiger charge is 2.76. The maximum Gasteiger partial charge on any atom is 0.352 e. The van der Waals surface area contributed by atoms with E-state index in [1.165, 1.54) is 54.6 Å². The van der Waals surface area contributed by atoms with Crippen LogP contribution in [-0.4, -0.2) is 51.9 Å². The van der Waals surface area contributed by atoms with Gasteiger partial charge in [-0.2, -0.15) is 10.5 Å². The molecule has 242 valence electrons. The first-order chi connectivity index (χ1) is 22.3. The van der Waals surface area contributed by atoms with E-state index in [0.717, 1.165) is 0 Å². The number of fused-ring (bicyclic) bond motifs is 5. The quantitative estimate of drug-likeness (QED) is 0.391. The maximum absolute atomic E-state index is 17.5. The van der Waals surface area contributed by atoms with Crippen molar-refractivity contribution in [2.24, 2.45) is 22.7 Å². The highest BCUT2D eigenvalue weighted by Crippen LogP contribution is 2.70. The molecule has 10 nitrogen and oxygen atoms in total. The van der Waals surface area contributed by atoms with Crippen molar-refractivity contribution in [1.29, 1.82) is 10.5 Å². The van der Waals surface area contributed by atoms with Gasteiger partial charge in [0.25, 0.3) is 0 Å². The van der Waals surface area contributed by atoms with E-state index in [-0.39, 0.29) is 41.3 Å². The minimum atomic E-state index is -2.14. The van der Waals surface area contributed by atoms with E-state index in [4.69, 9.17) is 24.7 Å². The second kappa shape index (κ2) is 11.4. The standard InChI is InChI=1S/C36H33FN2O8/c1-33-13-11-24(40)18-23(33)5-9-28-27-12-14-35(32(44)45-16-15-38,34(27,2)19-30(42)36(28,33)37)47-31(43)21-3-6-25(7-4-21)46-26-8-10-29(41)22(17-26)20-39/h3-4,6-8,10-11,13,17-18,27-28,30,41-42H,5,9,12,14,16,19H2,1-2H3/t27-,28-,30-,33-,34-,35+,36?/m0/s1. The first kappa shape index (κ1) is 32.0. The van der Waals surface area contributed by atoms with Crippen LogP contribution in [0, 0.1) is 45.3 Å². The largest absolute Gasteiger partial charge is 0.507 e. The van der Waals surface area contributed by atoms with E-state index in [2.05, 4.69) is 0 Å². The van der Waals surface area contributed by atoms with Gasteiger partial charge in [-0.1, -0.05) is 18.6 Å². The van der Waals surface area contributed by atoms with Crippen molar-refractivity contribution >= 4 is 17.7 Å². The van der Waals surface area contributed by atoms with Crippen LogP contribution in [0.4, 0.5) is 4.39 Å². The molecule has 0 bridgehead atoms. The molecule has 47 heavy (non-hydrogen) atoms. The highest BCUT2D eigenvalue weighted by molar-refractivity contribution is 6.01. The molecule has 0 aliphatic heterocycles. The SMILES string of the molecule is C[C@]12C=CC(=O)C=C1CC[C@H]1[C@@H]3CC[C@@](OC(=O)c4ccc(Oc5ccc(O)c(C#N)c5)cc4)(C(=O)OCC#N)[C@@]3(C)C[C@H](O)C12F. The van der Waals surface area contributed by atoms with E-state index in [1.807, 2.05) is 6.07 Å². The summed E-state index contributed by atoms with van der Waals surface area (Å²) in [5, 5.41) is 39.7. The zero-order valence-corrected chi connectivity index (χ0v) is 25.9. The van der Waals surface area contributed by atoms with Crippen molar-refractivity contribution in [3.05, 3.63) is 77.4 Å². The number of aliphatic hydroxyl groups is 1. The second-order valence-corrected chi connectivity index (χ2v) is 13.2. The summed E-state index contributed by atoms with van der Waals surface area (Å²) >= 11 is 0. The number of ketones is 1. The molecule has 2 aromatic carbocycles. The molecule has 2 aromatic rings. The summed E-state index contributed by atoms with van der Waals surface area (Å²) in [6.45, 7) is 2.83. The van der Waals surface area contributed by atoms with Crippen LogP contribution in [0.15, 0.2) is 66.3 Å². The maximum atomic E-state index is 17.5. The van der Waals surface area contributed by atoms with Crippen molar-refractivity contribution in [1.82, 2.24) is 0 Å². The summed E-state index contributed by atoms with van der Waals surface area (Å²) in [7, 11) is 0. The number of carbonyl (C=O) groups is 3. The number of alkyl halides is 1. The number of esters is 2. The minimum absolute atomic E-state index is 0.000474. The third-order valence-electron chi connectivity index (χ3n) is 11.0. The van der Waals surface area contributed by atoms with Gasteiger partial charge in [0, 0.05) is 22.8 Å². The third kappa shape index (κ3) is 4.72. The van der Waals surface area contributed by atoms with Gasteiger partial charge in [-0.05, 0) is 93.5 Å². The van der Waals surface area contributed by atoms with Crippen LogP contribution in [-0.2, 0) is 19.1 Å². The summed E-state index contributed by atoms with van der Waals surface area (Å²) in [6.07, 6.45) is 3.59. The molecule has 11 heteroatoms. The van der Waals surface area contributed by atoms with Crippen LogP contribution in [0.2, 0.25) is 0 Å². The molecule has 0 heterocycles. The summed E-state index contributed by atoms with van der Waals surface area (Å²) in [4.78, 5) is 39.7. The Balaban J connectivity index is 1.30. The van der Waals surface area contributed by atoms with E-state index < -0.39 is 58.6 Å². The zero-order valence-electron chi connectivity index (χ0n) is 25.9. The predicted molar refractivity (Wildman–Crippen MR) is 162 cm³/mol. The number of ether oxygens (including phenoxy) is 3. The highest BCUT2D eigenvalue weighted by atomic mass is 19.1. The number of halogens is 1. The molecule has 4 aliphatic rings. The molecular weight excluding hydrogens is 607 g/mol. The number of nitriles is 2. The molecule has 0 saturated heterocycles. The minimum Gasteiger partial charge on any atom is -0.507 e. The van der Waals surface area contributed by atoms with E-state index in [0.29, 0.717) is 30.6 Å². The Hall–Kier alpha value is -5.00. The van der Waals surface area contributed by atoms with Gasteiger partial charge in [0.05, 0.1) is 17.2 Å². The smallest absolute Gasteiger partial charge is 0.352 e. The van der Waals surface area contributed by atoms with Crippen molar-refractivity contribution < 1.29 is 43.2 Å².